The molecule has 152 valence electrons. The molecular weight excluding hydrogens is 364 g/mol. The molecule has 1 N–H and O–H groups in total. The van der Waals surface area contributed by atoms with Crippen LogP contribution in [0.3, 0.4) is 0 Å². The smallest absolute Gasteiger partial charge is 0.200 e. The molecule has 0 bridgehead atoms. The SMILES string of the molecule is CCC(C)C(=O)/C(OC(C)CO)=C(/c1ccc(S(C)(=O)=O)cc1)C(C)(C)C. The summed E-state index contributed by atoms with van der Waals surface area (Å²) < 4.78 is 29.4. The fourth-order valence-electron chi connectivity index (χ4n) is 2.66. The molecule has 1 rings (SSSR count). The van der Waals surface area contributed by atoms with Gasteiger partial charge in [-0.2, -0.15) is 0 Å². The van der Waals surface area contributed by atoms with E-state index in [1.54, 1.807) is 19.1 Å². The van der Waals surface area contributed by atoms with Crippen molar-refractivity contribution in [1.82, 2.24) is 0 Å². The first-order chi connectivity index (χ1) is 12.3. The molecule has 0 spiro atoms. The molecule has 0 aliphatic heterocycles. The monoisotopic (exact) mass is 396 g/mol. The normalized spacial score (nSPS) is 15.7. The van der Waals surface area contributed by atoms with Gasteiger partial charge in [0, 0.05) is 17.7 Å². The fraction of sp³-hybridized carbons (Fsp3) is 0.571. The van der Waals surface area contributed by atoms with Gasteiger partial charge >= 0.3 is 0 Å². The molecule has 2 atom stereocenters. The number of benzene rings is 1. The van der Waals surface area contributed by atoms with Crippen LogP contribution in [0.1, 0.15) is 53.5 Å². The first-order valence-corrected chi connectivity index (χ1v) is 11.1. The Morgan fingerprint density at radius 3 is 2.04 bits per heavy atom. The zero-order valence-corrected chi connectivity index (χ0v) is 18.2. The average Bonchev–Trinajstić information content (AvgIpc) is 2.58. The summed E-state index contributed by atoms with van der Waals surface area (Å²) in [6.07, 6.45) is 1.30. The lowest BCUT2D eigenvalue weighted by atomic mass is 9.79. The first-order valence-electron chi connectivity index (χ1n) is 9.19. The van der Waals surface area contributed by atoms with Crippen LogP contribution in [0.2, 0.25) is 0 Å². The topological polar surface area (TPSA) is 80.7 Å². The van der Waals surface area contributed by atoms with Gasteiger partial charge in [-0.25, -0.2) is 8.42 Å². The lowest BCUT2D eigenvalue weighted by Crippen LogP contribution is -2.25. The zero-order valence-electron chi connectivity index (χ0n) is 17.4. The number of ether oxygens (including phenoxy) is 1. The number of ketones is 1. The summed E-state index contributed by atoms with van der Waals surface area (Å²) in [5.74, 6) is -0.0982. The Hall–Kier alpha value is -1.66. The molecule has 1 aromatic rings. The first kappa shape index (κ1) is 23.4. The Morgan fingerprint density at radius 1 is 1.15 bits per heavy atom. The number of allylic oxidation sites excluding steroid dienone is 2. The Morgan fingerprint density at radius 2 is 1.67 bits per heavy atom. The summed E-state index contributed by atoms with van der Waals surface area (Å²) >= 11 is 0. The quantitative estimate of drug-likeness (QED) is 0.533. The second-order valence-electron chi connectivity index (χ2n) is 8.04. The van der Waals surface area contributed by atoms with Gasteiger partial charge in [-0.1, -0.05) is 46.8 Å². The van der Waals surface area contributed by atoms with Gasteiger partial charge in [-0.05, 0) is 36.5 Å². The lowest BCUT2D eigenvalue weighted by Gasteiger charge is -2.29. The van der Waals surface area contributed by atoms with Crippen LogP contribution in [0.5, 0.6) is 0 Å². The Balaban J connectivity index is 3.68. The number of sulfone groups is 1. The van der Waals surface area contributed by atoms with Crippen molar-refractivity contribution in [2.75, 3.05) is 12.9 Å². The van der Waals surface area contributed by atoms with Crippen molar-refractivity contribution in [3.63, 3.8) is 0 Å². The van der Waals surface area contributed by atoms with Gasteiger partial charge in [0.1, 0.15) is 6.10 Å². The summed E-state index contributed by atoms with van der Waals surface area (Å²) in [7, 11) is -3.30. The Labute approximate surface area is 163 Å². The van der Waals surface area contributed by atoms with Gasteiger partial charge in [-0.3, -0.25) is 4.79 Å². The van der Waals surface area contributed by atoms with Crippen LogP contribution >= 0.6 is 0 Å². The predicted octanol–water partition coefficient (Wildman–Crippen LogP) is 3.86. The number of aliphatic hydroxyl groups is 1. The fourth-order valence-corrected chi connectivity index (χ4v) is 3.29. The van der Waals surface area contributed by atoms with Crippen molar-refractivity contribution < 1.29 is 23.1 Å². The Kier molecular flexibility index (Phi) is 7.81. The predicted molar refractivity (Wildman–Crippen MR) is 108 cm³/mol. The minimum atomic E-state index is -3.30. The molecule has 1 aromatic carbocycles. The highest BCUT2D eigenvalue weighted by molar-refractivity contribution is 7.90. The van der Waals surface area contributed by atoms with Crippen molar-refractivity contribution in [2.45, 2.75) is 59.0 Å². The van der Waals surface area contributed by atoms with E-state index in [-0.39, 0.29) is 29.0 Å². The summed E-state index contributed by atoms with van der Waals surface area (Å²) in [6.45, 7) is 11.2. The molecule has 0 saturated heterocycles. The second-order valence-corrected chi connectivity index (χ2v) is 10.1. The van der Waals surface area contributed by atoms with E-state index in [0.29, 0.717) is 12.0 Å². The number of hydrogen-bond donors (Lipinski definition) is 1. The summed E-state index contributed by atoms with van der Waals surface area (Å²) in [5, 5.41) is 9.42. The average molecular weight is 397 g/mol. The molecule has 0 heterocycles. The summed E-state index contributed by atoms with van der Waals surface area (Å²) in [6, 6.07) is 6.48. The highest BCUT2D eigenvalue weighted by Crippen LogP contribution is 2.39. The van der Waals surface area contributed by atoms with E-state index in [2.05, 4.69) is 0 Å². The van der Waals surface area contributed by atoms with Crippen LogP contribution < -0.4 is 0 Å². The molecule has 6 heteroatoms. The van der Waals surface area contributed by atoms with Gasteiger partial charge in [0.05, 0.1) is 11.5 Å². The maximum Gasteiger partial charge on any atom is 0.200 e. The highest BCUT2D eigenvalue weighted by atomic mass is 32.2. The molecule has 0 aliphatic carbocycles. The van der Waals surface area contributed by atoms with Gasteiger partial charge in [-0.15, -0.1) is 0 Å². The van der Waals surface area contributed by atoms with Crippen molar-refractivity contribution in [3.05, 3.63) is 35.6 Å². The highest BCUT2D eigenvalue weighted by Gasteiger charge is 2.31. The number of carbonyl (C=O) groups excluding carboxylic acids is 1. The molecule has 5 nitrogen and oxygen atoms in total. The standard InChI is InChI=1S/C21H32O5S/c1-8-14(2)19(23)20(26-15(3)13-22)18(21(4,5)6)16-9-11-17(12-10-16)27(7,24)25/h9-12,14-15,22H,8,13H2,1-7H3/b20-18+. The van der Waals surface area contributed by atoms with E-state index in [0.717, 1.165) is 11.8 Å². The van der Waals surface area contributed by atoms with Crippen molar-refractivity contribution in [1.29, 1.82) is 0 Å². The zero-order chi connectivity index (χ0) is 21.0. The third-order valence-corrected chi connectivity index (χ3v) is 5.54. The molecule has 2 unspecified atom stereocenters. The van der Waals surface area contributed by atoms with Crippen molar-refractivity contribution in [2.24, 2.45) is 11.3 Å². The maximum absolute atomic E-state index is 13.1. The molecule has 0 aliphatic rings. The second kappa shape index (κ2) is 9.02. The largest absolute Gasteiger partial charge is 0.484 e. The van der Waals surface area contributed by atoms with Crippen molar-refractivity contribution in [3.8, 4) is 0 Å². The molecule has 0 amide bonds. The molecule has 0 radical (unpaired) electrons. The number of carbonyl (C=O) groups is 1. The van der Waals surface area contributed by atoms with Gasteiger partial charge in [0.15, 0.2) is 21.4 Å². The van der Waals surface area contributed by atoms with Crippen molar-refractivity contribution >= 4 is 21.2 Å². The number of rotatable bonds is 8. The number of hydrogen-bond acceptors (Lipinski definition) is 5. The Bertz CT molecular complexity index is 783. The van der Waals surface area contributed by atoms with Crippen LogP contribution in [-0.4, -0.2) is 38.3 Å². The molecule has 27 heavy (non-hydrogen) atoms. The van der Waals surface area contributed by atoms with Crippen LogP contribution in [0.4, 0.5) is 0 Å². The van der Waals surface area contributed by atoms with E-state index in [1.807, 2.05) is 34.6 Å². The van der Waals surface area contributed by atoms with Crippen LogP contribution in [-0.2, 0) is 19.4 Å². The van der Waals surface area contributed by atoms with E-state index in [4.69, 9.17) is 4.74 Å². The van der Waals surface area contributed by atoms with Gasteiger partial charge in [0.2, 0.25) is 0 Å². The molecule has 0 aromatic heterocycles. The molecule has 0 fully saturated rings. The number of Topliss-reactive ketones (excluding diaryl/α,β-unsaturated/α-hetero) is 1. The van der Waals surface area contributed by atoms with E-state index >= 15 is 0 Å². The van der Waals surface area contributed by atoms with E-state index in [9.17, 15) is 18.3 Å². The summed E-state index contributed by atoms with van der Waals surface area (Å²) in [4.78, 5) is 13.3. The van der Waals surface area contributed by atoms with Crippen LogP contribution in [0, 0.1) is 11.3 Å². The van der Waals surface area contributed by atoms with Gasteiger partial charge < -0.3 is 9.84 Å². The third-order valence-electron chi connectivity index (χ3n) is 4.41. The van der Waals surface area contributed by atoms with Gasteiger partial charge in [0.25, 0.3) is 0 Å². The summed E-state index contributed by atoms with van der Waals surface area (Å²) in [5.41, 5.74) is 1.00. The third kappa shape index (κ3) is 6.18. The molecule has 0 saturated carbocycles. The minimum absolute atomic E-state index is 0.116. The molecular formula is C21H32O5S. The number of aliphatic hydroxyl groups excluding tert-OH is 1. The van der Waals surface area contributed by atoms with Crippen LogP contribution in [0.25, 0.3) is 5.57 Å². The maximum atomic E-state index is 13.1. The minimum Gasteiger partial charge on any atom is -0.484 e. The van der Waals surface area contributed by atoms with E-state index in [1.165, 1.54) is 12.1 Å². The van der Waals surface area contributed by atoms with Crippen LogP contribution in [0.15, 0.2) is 34.9 Å². The van der Waals surface area contributed by atoms with E-state index < -0.39 is 21.4 Å². The lowest BCUT2D eigenvalue weighted by molar-refractivity contribution is -0.123.